The molecular formula is C12H9N3O2. The van der Waals surface area contributed by atoms with E-state index in [0.717, 1.165) is 11.1 Å². The van der Waals surface area contributed by atoms with Crippen molar-refractivity contribution in [2.45, 2.75) is 0 Å². The Morgan fingerprint density at radius 2 is 2.12 bits per heavy atom. The van der Waals surface area contributed by atoms with Crippen LogP contribution in [0.15, 0.2) is 45.7 Å². The molecule has 1 aromatic carbocycles. The highest BCUT2D eigenvalue weighted by Gasteiger charge is 2.08. The number of aromatic amines is 1. The van der Waals surface area contributed by atoms with Crippen molar-refractivity contribution in [3.8, 4) is 11.5 Å². The number of hydrogen-bond acceptors (Lipinski definition) is 4. The Kier molecular flexibility index (Phi) is 1.98. The lowest BCUT2D eigenvalue weighted by atomic mass is 10.3. The molecule has 3 rings (SSSR count). The molecule has 0 amide bonds. The number of oxazole rings is 1. The Morgan fingerprint density at radius 3 is 2.88 bits per heavy atom. The van der Waals surface area contributed by atoms with Crippen LogP contribution in [0.4, 0.5) is 5.69 Å². The largest absolute Gasteiger partial charge is 0.436 e. The molecule has 0 saturated carbocycles. The summed E-state index contributed by atoms with van der Waals surface area (Å²) < 4.78 is 5.56. The van der Waals surface area contributed by atoms with Crippen LogP contribution in [0.1, 0.15) is 0 Å². The van der Waals surface area contributed by atoms with Crippen LogP contribution in [0, 0.1) is 0 Å². The lowest BCUT2D eigenvalue weighted by molar-refractivity contribution is 0.619. The van der Waals surface area contributed by atoms with E-state index < -0.39 is 0 Å². The summed E-state index contributed by atoms with van der Waals surface area (Å²) in [6.45, 7) is 0. The van der Waals surface area contributed by atoms with Gasteiger partial charge in [-0.3, -0.25) is 4.79 Å². The van der Waals surface area contributed by atoms with Crippen LogP contribution in [0.25, 0.3) is 22.6 Å². The van der Waals surface area contributed by atoms with Gasteiger partial charge in [-0.2, -0.15) is 0 Å². The van der Waals surface area contributed by atoms with Gasteiger partial charge >= 0.3 is 0 Å². The fourth-order valence-corrected chi connectivity index (χ4v) is 1.61. The molecule has 0 aliphatic rings. The van der Waals surface area contributed by atoms with E-state index in [1.807, 2.05) is 0 Å². The average molecular weight is 227 g/mol. The number of H-pyrrole nitrogens is 1. The van der Waals surface area contributed by atoms with Crippen LogP contribution in [0.5, 0.6) is 0 Å². The smallest absolute Gasteiger partial charge is 0.247 e. The average Bonchev–Trinajstić information content (AvgIpc) is 2.72. The third-order valence-electron chi connectivity index (χ3n) is 2.44. The molecule has 0 fully saturated rings. The van der Waals surface area contributed by atoms with Crippen LogP contribution < -0.4 is 11.3 Å². The molecule has 3 aromatic rings. The molecule has 5 nitrogen and oxygen atoms in total. The normalized spacial score (nSPS) is 10.8. The number of nitrogens with one attached hydrogen (secondary N) is 1. The topological polar surface area (TPSA) is 84.9 Å². The highest BCUT2D eigenvalue weighted by Crippen LogP contribution is 2.24. The van der Waals surface area contributed by atoms with E-state index in [4.69, 9.17) is 10.2 Å². The molecule has 0 spiro atoms. The van der Waals surface area contributed by atoms with Gasteiger partial charge in [-0.25, -0.2) is 4.98 Å². The van der Waals surface area contributed by atoms with Gasteiger partial charge in [0.05, 0.1) is 5.56 Å². The fraction of sp³-hybridized carbons (Fsp3) is 0. The first-order valence-corrected chi connectivity index (χ1v) is 5.07. The molecule has 0 aliphatic carbocycles. The second-order valence-electron chi connectivity index (χ2n) is 3.69. The lowest BCUT2D eigenvalue weighted by Gasteiger charge is -1.91. The van der Waals surface area contributed by atoms with Gasteiger partial charge in [0.15, 0.2) is 5.58 Å². The first kappa shape index (κ1) is 9.65. The van der Waals surface area contributed by atoms with E-state index in [0.29, 0.717) is 17.2 Å². The van der Waals surface area contributed by atoms with Gasteiger partial charge in [-0.05, 0) is 18.2 Å². The molecule has 84 valence electrons. The van der Waals surface area contributed by atoms with Gasteiger partial charge in [0.1, 0.15) is 5.52 Å². The van der Waals surface area contributed by atoms with Gasteiger partial charge in [0.2, 0.25) is 11.4 Å². The molecule has 2 heterocycles. The summed E-state index contributed by atoms with van der Waals surface area (Å²) in [4.78, 5) is 17.8. The van der Waals surface area contributed by atoms with E-state index >= 15 is 0 Å². The monoisotopic (exact) mass is 227 g/mol. The summed E-state index contributed by atoms with van der Waals surface area (Å²) in [6, 6.07) is 8.37. The Bertz CT molecular complexity index is 722. The minimum Gasteiger partial charge on any atom is -0.436 e. The molecule has 2 aromatic heterocycles. The van der Waals surface area contributed by atoms with Crippen molar-refractivity contribution in [1.82, 2.24) is 9.97 Å². The Labute approximate surface area is 95.9 Å². The molecule has 0 atom stereocenters. The van der Waals surface area contributed by atoms with Gasteiger partial charge < -0.3 is 15.1 Å². The Balaban J connectivity index is 2.17. The van der Waals surface area contributed by atoms with E-state index in [2.05, 4.69) is 9.97 Å². The fourth-order valence-electron chi connectivity index (χ4n) is 1.61. The summed E-state index contributed by atoms with van der Waals surface area (Å²) in [6.07, 6.45) is 1.57. The highest BCUT2D eigenvalue weighted by molar-refractivity contribution is 5.79. The second kappa shape index (κ2) is 3.48. The molecule has 5 heteroatoms. The summed E-state index contributed by atoms with van der Waals surface area (Å²) in [7, 11) is 0. The predicted molar refractivity (Wildman–Crippen MR) is 64.5 cm³/mol. The molecule has 17 heavy (non-hydrogen) atoms. The molecule has 0 aliphatic heterocycles. The van der Waals surface area contributed by atoms with Crippen molar-refractivity contribution in [2.24, 2.45) is 0 Å². The lowest BCUT2D eigenvalue weighted by Crippen LogP contribution is -2.01. The van der Waals surface area contributed by atoms with Gasteiger partial charge in [-0.15, -0.1) is 0 Å². The summed E-state index contributed by atoms with van der Waals surface area (Å²) in [5.74, 6) is 0.460. The number of nitrogens with zero attached hydrogens (tertiary/aromatic N) is 1. The Hall–Kier alpha value is -2.56. The SMILES string of the molecule is Nc1ccc2nc(-c3ccc(=O)[nH]c3)oc2c1. The number of pyridine rings is 1. The summed E-state index contributed by atoms with van der Waals surface area (Å²) in [5, 5.41) is 0. The van der Waals surface area contributed by atoms with E-state index in [1.165, 1.54) is 6.07 Å². The van der Waals surface area contributed by atoms with Crippen LogP contribution >= 0.6 is 0 Å². The van der Waals surface area contributed by atoms with Gasteiger partial charge in [-0.1, -0.05) is 0 Å². The number of anilines is 1. The standard InChI is InChI=1S/C12H9N3O2/c13-8-2-3-9-10(5-8)17-12(15-9)7-1-4-11(16)14-6-7/h1-6H,13H2,(H,14,16). The maximum Gasteiger partial charge on any atom is 0.247 e. The third kappa shape index (κ3) is 1.67. The minimum atomic E-state index is -0.158. The maximum atomic E-state index is 10.9. The number of aromatic nitrogens is 2. The van der Waals surface area contributed by atoms with Crippen molar-refractivity contribution >= 4 is 16.8 Å². The minimum absolute atomic E-state index is 0.158. The predicted octanol–water partition coefficient (Wildman–Crippen LogP) is 1.77. The van der Waals surface area contributed by atoms with Crippen molar-refractivity contribution in [3.63, 3.8) is 0 Å². The summed E-state index contributed by atoms with van der Waals surface area (Å²) >= 11 is 0. The number of fused-ring (bicyclic) bond motifs is 1. The second-order valence-corrected chi connectivity index (χ2v) is 3.69. The Morgan fingerprint density at radius 1 is 1.24 bits per heavy atom. The number of benzene rings is 1. The molecule has 0 saturated heterocycles. The van der Waals surface area contributed by atoms with Gasteiger partial charge in [0, 0.05) is 24.0 Å². The number of nitrogens with two attached hydrogens (primary N) is 1. The van der Waals surface area contributed by atoms with Crippen LogP contribution in [-0.2, 0) is 0 Å². The van der Waals surface area contributed by atoms with Crippen LogP contribution in [-0.4, -0.2) is 9.97 Å². The maximum absolute atomic E-state index is 10.9. The van der Waals surface area contributed by atoms with Crippen molar-refractivity contribution in [2.75, 3.05) is 5.73 Å². The van der Waals surface area contributed by atoms with Crippen molar-refractivity contribution in [3.05, 3.63) is 46.9 Å². The molecule has 3 N–H and O–H groups in total. The zero-order chi connectivity index (χ0) is 11.8. The molecular weight excluding hydrogens is 218 g/mol. The van der Waals surface area contributed by atoms with E-state index in [-0.39, 0.29) is 5.56 Å². The highest BCUT2D eigenvalue weighted by atomic mass is 16.3. The van der Waals surface area contributed by atoms with Crippen LogP contribution in [0.2, 0.25) is 0 Å². The zero-order valence-electron chi connectivity index (χ0n) is 8.81. The van der Waals surface area contributed by atoms with Gasteiger partial charge in [0.25, 0.3) is 0 Å². The molecule has 0 bridgehead atoms. The quantitative estimate of drug-likeness (QED) is 0.620. The van der Waals surface area contributed by atoms with E-state index in [9.17, 15) is 4.79 Å². The number of rotatable bonds is 1. The summed E-state index contributed by atoms with van der Waals surface area (Å²) in [5.41, 5.74) is 8.21. The third-order valence-corrected chi connectivity index (χ3v) is 2.44. The number of hydrogen-bond donors (Lipinski definition) is 2. The first-order chi connectivity index (χ1) is 8.22. The zero-order valence-corrected chi connectivity index (χ0v) is 8.81. The molecule has 0 radical (unpaired) electrons. The van der Waals surface area contributed by atoms with Crippen molar-refractivity contribution < 1.29 is 4.42 Å². The van der Waals surface area contributed by atoms with Crippen LogP contribution in [0.3, 0.4) is 0 Å². The molecule has 0 unspecified atom stereocenters. The first-order valence-electron chi connectivity index (χ1n) is 5.07. The van der Waals surface area contributed by atoms with Crippen molar-refractivity contribution in [1.29, 1.82) is 0 Å². The number of nitrogen functional groups attached to an aromatic ring is 1. The van der Waals surface area contributed by atoms with E-state index in [1.54, 1.807) is 30.5 Å².